The van der Waals surface area contributed by atoms with E-state index in [9.17, 15) is 4.79 Å². The van der Waals surface area contributed by atoms with Crippen molar-refractivity contribution in [3.63, 3.8) is 0 Å². The first kappa shape index (κ1) is 9.00. The van der Waals surface area contributed by atoms with Crippen molar-refractivity contribution in [1.29, 1.82) is 0 Å². The third-order valence-corrected chi connectivity index (χ3v) is 3.49. The molecule has 3 nitrogen and oxygen atoms in total. The molecule has 0 aromatic rings. The molecule has 2 aliphatic rings. The highest BCUT2D eigenvalue weighted by molar-refractivity contribution is 5.83. The van der Waals surface area contributed by atoms with Crippen LogP contribution in [0.25, 0.3) is 0 Å². The number of hydrogen-bond acceptors (Lipinski definition) is 2. The van der Waals surface area contributed by atoms with Crippen LogP contribution < -0.4 is 0 Å². The van der Waals surface area contributed by atoms with Gasteiger partial charge in [0.15, 0.2) is 0 Å². The molecular formula is C10H18N2O. The molecule has 2 heterocycles. The van der Waals surface area contributed by atoms with E-state index in [1.165, 1.54) is 6.42 Å². The highest BCUT2D eigenvalue weighted by Gasteiger charge is 2.46. The summed E-state index contributed by atoms with van der Waals surface area (Å²) in [7, 11) is 4.04. The zero-order valence-corrected chi connectivity index (χ0v) is 8.55. The number of likely N-dealkylation sites (tertiary alicyclic amines) is 2. The molecule has 0 aromatic carbocycles. The van der Waals surface area contributed by atoms with Gasteiger partial charge < -0.3 is 9.80 Å². The molecule has 1 amide bonds. The molecule has 2 fully saturated rings. The summed E-state index contributed by atoms with van der Waals surface area (Å²) in [5.74, 6) is 0.378. The molecule has 3 heteroatoms. The summed E-state index contributed by atoms with van der Waals surface area (Å²) in [4.78, 5) is 16.2. The van der Waals surface area contributed by atoms with E-state index in [-0.39, 0.29) is 5.41 Å². The predicted molar refractivity (Wildman–Crippen MR) is 51.4 cm³/mol. The third kappa shape index (κ3) is 1.35. The monoisotopic (exact) mass is 182 g/mol. The molecule has 13 heavy (non-hydrogen) atoms. The van der Waals surface area contributed by atoms with Crippen LogP contribution in [0.15, 0.2) is 0 Å². The highest BCUT2D eigenvalue weighted by Crippen LogP contribution is 2.38. The van der Waals surface area contributed by atoms with Gasteiger partial charge in [0.1, 0.15) is 0 Å². The number of carbonyl (C=O) groups excluding carboxylic acids is 1. The van der Waals surface area contributed by atoms with E-state index < -0.39 is 0 Å². The van der Waals surface area contributed by atoms with Crippen molar-refractivity contribution in [1.82, 2.24) is 9.80 Å². The number of amides is 1. The molecule has 0 aliphatic carbocycles. The zero-order chi connectivity index (χ0) is 9.47. The Hall–Kier alpha value is -0.570. The summed E-state index contributed by atoms with van der Waals surface area (Å²) in [6, 6.07) is 0. The highest BCUT2D eigenvalue weighted by atomic mass is 16.2. The predicted octanol–water partition coefficient (Wildman–Crippen LogP) is 0.560. The van der Waals surface area contributed by atoms with E-state index in [0.29, 0.717) is 5.91 Å². The number of piperidine rings is 1. The third-order valence-electron chi connectivity index (χ3n) is 3.49. The van der Waals surface area contributed by atoms with Crippen molar-refractivity contribution in [2.24, 2.45) is 5.41 Å². The van der Waals surface area contributed by atoms with Gasteiger partial charge in [0.25, 0.3) is 0 Å². The summed E-state index contributed by atoms with van der Waals surface area (Å²) in [5, 5.41) is 0. The summed E-state index contributed by atoms with van der Waals surface area (Å²) < 4.78 is 0. The van der Waals surface area contributed by atoms with Gasteiger partial charge in [-0.15, -0.1) is 0 Å². The second-order valence-electron chi connectivity index (χ2n) is 4.60. The maximum absolute atomic E-state index is 12.0. The van der Waals surface area contributed by atoms with E-state index in [2.05, 4.69) is 11.9 Å². The molecule has 0 N–H and O–H groups in total. The summed E-state index contributed by atoms with van der Waals surface area (Å²) in [6.07, 6.45) is 3.34. The topological polar surface area (TPSA) is 23.6 Å². The standard InChI is InChI=1S/C10H18N2O/c1-11-7-5-10(8-11)4-3-6-12(2)9(10)13/h3-8H2,1-2H3/t10-/m1/s1. The van der Waals surface area contributed by atoms with Crippen LogP contribution in [0.4, 0.5) is 0 Å². The van der Waals surface area contributed by atoms with E-state index in [1.807, 2.05) is 11.9 Å². The van der Waals surface area contributed by atoms with Gasteiger partial charge in [0.05, 0.1) is 5.41 Å². The summed E-state index contributed by atoms with van der Waals surface area (Å²) >= 11 is 0. The van der Waals surface area contributed by atoms with E-state index >= 15 is 0 Å². The van der Waals surface area contributed by atoms with Gasteiger partial charge in [-0.25, -0.2) is 0 Å². The molecule has 0 radical (unpaired) electrons. The van der Waals surface area contributed by atoms with Crippen LogP contribution in [-0.2, 0) is 4.79 Å². The van der Waals surface area contributed by atoms with E-state index in [1.54, 1.807) is 0 Å². The Morgan fingerprint density at radius 3 is 2.62 bits per heavy atom. The number of nitrogens with zero attached hydrogens (tertiary/aromatic N) is 2. The van der Waals surface area contributed by atoms with Gasteiger partial charge in [-0.2, -0.15) is 0 Å². The van der Waals surface area contributed by atoms with Gasteiger partial charge in [-0.1, -0.05) is 0 Å². The van der Waals surface area contributed by atoms with E-state index in [0.717, 1.165) is 32.5 Å². The smallest absolute Gasteiger partial charge is 0.229 e. The molecule has 2 rings (SSSR count). The lowest BCUT2D eigenvalue weighted by atomic mass is 9.78. The molecule has 1 spiro atoms. The number of rotatable bonds is 0. The molecule has 0 saturated carbocycles. The summed E-state index contributed by atoms with van der Waals surface area (Å²) in [5.41, 5.74) is -0.0122. The van der Waals surface area contributed by atoms with Crippen LogP contribution in [-0.4, -0.2) is 49.4 Å². The lowest BCUT2D eigenvalue weighted by molar-refractivity contribution is -0.143. The van der Waals surface area contributed by atoms with Crippen molar-refractivity contribution in [2.75, 3.05) is 33.7 Å². The average molecular weight is 182 g/mol. The van der Waals surface area contributed by atoms with Crippen LogP contribution in [0.2, 0.25) is 0 Å². The minimum atomic E-state index is -0.0122. The fourth-order valence-electron chi connectivity index (χ4n) is 2.73. The second-order valence-corrected chi connectivity index (χ2v) is 4.60. The minimum Gasteiger partial charge on any atom is -0.345 e. The maximum atomic E-state index is 12.0. The van der Waals surface area contributed by atoms with Crippen LogP contribution in [0.5, 0.6) is 0 Å². The first-order valence-corrected chi connectivity index (χ1v) is 5.08. The number of hydrogen-bond donors (Lipinski definition) is 0. The Labute approximate surface area is 79.7 Å². The Morgan fingerprint density at radius 1 is 1.23 bits per heavy atom. The fourth-order valence-corrected chi connectivity index (χ4v) is 2.73. The van der Waals surface area contributed by atoms with Gasteiger partial charge >= 0.3 is 0 Å². The van der Waals surface area contributed by atoms with Crippen molar-refractivity contribution >= 4 is 5.91 Å². The van der Waals surface area contributed by atoms with Crippen LogP contribution in [0.1, 0.15) is 19.3 Å². The summed E-state index contributed by atoms with van der Waals surface area (Å²) in [6.45, 7) is 3.00. The molecular weight excluding hydrogens is 164 g/mol. The van der Waals surface area contributed by atoms with Gasteiger partial charge in [0.2, 0.25) is 5.91 Å². The van der Waals surface area contributed by atoms with Gasteiger partial charge in [0, 0.05) is 20.1 Å². The largest absolute Gasteiger partial charge is 0.345 e. The lowest BCUT2D eigenvalue weighted by Crippen LogP contribution is -2.48. The molecule has 0 aromatic heterocycles. The molecule has 2 aliphatic heterocycles. The van der Waals surface area contributed by atoms with Crippen LogP contribution >= 0.6 is 0 Å². The Balaban J connectivity index is 2.16. The van der Waals surface area contributed by atoms with Crippen molar-refractivity contribution < 1.29 is 4.79 Å². The fraction of sp³-hybridized carbons (Fsp3) is 0.900. The molecule has 0 bridgehead atoms. The lowest BCUT2D eigenvalue weighted by Gasteiger charge is -2.37. The molecule has 0 unspecified atom stereocenters. The first-order valence-electron chi connectivity index (χ1n) is 5.08. The Morgan fingerprint density at radius 2 is 2.00 bits per heavy atom. The Kier molecular flexibility index (Phi) is 2.06. The maximum Gasteiger partial charge on any atom is 0.229 e. The first-order chi connectivity index (χ1) is 6.14. The molecule has 1 atom stereocenters. The van der Waals surface area contributed by atoms with Gasteiger partial charge in [-0.3, -0.25) is 4.79 Å². The Bertz CT molecular complexity index is 225. The van der Waals surface area contributed by atoms with Crippen LogP contribution in [0.3, 0.4) is 0 Å². The average Bonchev–Trinajstić information content (AvgIpc) is 2.45. The zero-order valence-electron chi connectivity index (χ0n) is 8.55. The molecule has 74 valence electrons. The quantitative estimate of drug-likeness (QED) is 0.546. The van der Waals surface area contributed by atoms with E-state index in [4.69, 9.17) is 0 Å². The normalized spacial score (nSPS) is 36.2. The molecule has 2 saturated heterocycles. The van der Waals surface area contributed by atoms with Crippen molar-refractivity contribution in [2.45, 2.75) is 19.3 Å². The second kappa shape index (κ2) is 2.98. The van der Waals surface area contributed by atoms with Crippen molar-refractivity contribution in [3.8, 4) is 0 Å². The SMILES string of the molecule is CN1CC[C@]2(CCCN(C)C2=O)C1. The number of carbonyl (C=O) groups is 1. The van der Waals surface area contributed by atoms with Gasteiger partial charge in [-0.05, 0) is 32.9 Å². The minimum absolute atomic E-state index is 0.0122. The van der Waals surface area contributed by atoms with Crippen molar-refractivity contribution in [3.05, 3.63) is 0 Å². The van der Waals surface area contributed by atoms with Crippen LogP contribution in [0, 0.1) is 5.41 Å².